The number of aliphatic carboxylic acids is 1. The summed E-state index contributed by atoms with van der Waals surface area (Å²) < 4.78 is 0. The summed E-state index contributed by atoms with van der Waals surface area (Å²) in [6, 6.07) is -7.79. The largest absolute Gasteiger partial charge is 0.480 e. The lowest BCUT2D eigenvalue weighted by molar-refractivity contribution is -0.155. The van der Waals surface area contributed by atoms with Crippen molar-refractivity contribution in [1.29, 1.82) is 0 Å². The van der Waals surface area contributed by atoms with E-state index in [2.05, 4.69) is 31.3 Å². The van der Waals surface area contributed by atoms with Crippen LogP contribution in [0.3, 0.4) is 0 Å². The molecule has 28 nitrogen and oxygen atoms in total. The number of β-amino-alcohol motifs (C(OH)–C–C–N with tert-alkyl or cyclic N) is 1. The van der Waals surface area contributed by atoms with Crippen molar-refractivity contribution in [1.82, 2.24) is 40.9 Å². The van der Waals surface area contributed by atoms with Gasteiger partial charge in [0.15, 0.2) is 11.9 Å². The fraction of sp³-hybridized carbons (Fsp3) is 0.706. The molecule has 5 aliphatic rings. The van der Waals surface area contributed by atoms with Gasteiger partial charge in [-0.25, -0.2) is 4.79 Å². The second-order valence-corrected chi connectivity index (χ2v) is 22.4. The Kier molecular flexibility index (Phi) is 22.8. The predicted molar refractivity (Wildman–Crippen MR) is 291 cm³/mol. The van der Waals surface area contributed by atoms with Gasteiger partial charge in [0.05, 0.1) is 37.4 Å². The number of rotatable bonds is 26. The Balaban J connectivity index is 1.11. The van der Waals surface area contributed by atoms with Crippen molar-refractivity contribution in [3.63, 3.8) is 0 Å². The molecule has 13 atom stereocenters. The number of hydrogen-bond donors (Lipinski definition) is 13. The molecular formula is C51H81N15O13S. The number of thiophene rings is 1. The van der Waals surface area contributed by atoms with Crippen LogP contribution < -0.4 is 49.9 Å². The zero-order chi connectivity index (χ0) is 58.4. The SMILES string of the molecule is CCC[C@H]1[C@H](O)C[C@@H](C(=O)N2[C@H](C(=O)O)C[C@@H]3CCCC[C@@H]32)N1C(=O)[C@H](CO)NC(=O)[C@H](Cc1cccs1)NC(=O)CNC(=O)[C@@H]1C[C@@H](O)CN1C(=O)[C@@H]1CCCN1C(=O)[C@H](CCCN=C(N)N)NC(=O)[C@H](N)CCCN=C(N)N. The first kappa shape index (κ1) is 62.5. The molecule has 5 heterocycles. The van der Waals surface area contributed by atoms with Crippen LogP contribution in [0.1, 0.15) is 108 Å². The predicted octanol–water partition coefficient (Wildman–Crippen LogP) is -4.38. The van der Waals surface area contributed by atoms with Gasteiger partial charge in [-0.1, -0.05) is 32.3 Å². The second-order valence-electron chi connectivity index (χ2n) is 21.4. The topological polar surface area (TPSA) is 450 Å². The highest BCUT2D eigenvalue weighted by Crippen LogP contribution is 2.42. The van der Waals surface area contributed by atoms with Crippen LogP contribution >= 0.6 is 11.3 Å². The van der Waals surface area contributed by atoms with Gasteiger partial charge in [-0.2, -0.15) is 0 Å². The van der Waals surface area contributed by atoms with Gasteiger partial charge >= 0.3 is 5.97 Å². The van der Waals surface area contributed by atoms with Crippen LogP contribution in [0.25, 0.3) is 0 Å². The minimum Gasteiger partial charge on any atom is -0.480 e. The van der Waals surface area contributed by atoms with E-state index in [1.54, 1.807) is 17.5 Å². The van der Waals surface area contributed by atoms with Crippen LogP contribution in [0.5, 0.6) is 0 Å². The first-order valence-electron chi connectivity index (χ1n) is 27.7. The van der Waals surface area contributed by atoms with E-state index in [1.807, 2.05) is 6.92 Å². The minimum absolute atomic E-state index is 0.0264. The summed E-state index contributed by atoms with van der Waals surface area (Å²) >= 11 is 1.27. The highest BCUT2D eigenvalue weighted by atomic mass is 32.1. The fourth-order valence-electron chi connectivity index (χ4n) is 11.9. The van der Waals surface area contributed by atoms with E-state index < -0.39 is 133 Å². The van der Waals surface area contributed by atoms with Crippen LogP contribution in [0.15, 0.2) is 27.5 Å². The van der Waals surface area contributed by atoms with Gasteiger partial charge in [0, 0.05) is 56.4 Å². The molecule has 0 bridgehead atoms. The van der Waals surface area contributed by atoms with Crippen LogP contribution in [0, 0.1) is 5.92 Å². The maximum absolute atomic E-state index is 14.6. The zero-order valence-electron chi connectivity index (χ0n) is 45.2. The number of carbonyl (C=O) groups excluding carboxylic acids is 8. The molecular weight excluding hydrogens is 1060 g/mol. The number of carbonyl (C=O) groups is 9. The molecule has 1 aliphatic carbocycles. The number of nitrogens with zero attached hydrogens (tertiary/aromatic N) is 6. The van der Waals surface area contributed by atoms with Crippen LogP contribution in [-0.4, -0.2) is 217 Å². The van der Waals surface area contributed by atoms with E-state index in [9.17, 15) is 63.6 Å². The maximum Gasteiger partial charge on any atom is 0.326 e. The number of carboxylic acid groups (broad SMARTS) is 1. The van der Waals surface area contributed by atoms with Gasteiger partial charge < -0.3 is 90.0 Å². The summed E-state index contributed by atoms with van der Waals surface area (Å²) in [7, 11) is 0. The van der Waals surface area contributed by atoms with Crippen molar-refractivity contribution in [2.24, 2.45) is 44.6 Å². The number of aliphatic hydroxyl groups excluding tert-OH is 3. The van der Waals surface area contributed by atoms with Crippen LogP contribution in [0.4, 0.5) is 0 Å². The van der Waals surface area contributed by atoms with E-state index in [-0.39, 0.29) is 108 Å². The van der Waals surface area contributed by atoms with Gasteiger partial charge in [0.25, 0.3) is 0 Å². The average Bonchev–Trinajstić information content (AvgIpc) is 4.30. The van der Waals surface area contributed by atoms with E-state index in [1.165, 1.54) is 26.0 Å². The summed E-state index contributed by atoms with van der Waals surface area (Å²) in [5.74, 6) is -7.39. The molecule has 80 heavy (non-hydrogen) atoms. The lowest BCUT2D eigenvalue weighted by atomic mass is 9.84. The molecule has 1 saturated carbocycles. The van der Waals surface area contributed by atoms with Crippen molar-refractivity contribution in [2.75, 3.05) is 39.3 Å². The molecule has 5 fully saturated rings. The Morgan fingerprint density at radius 1 is 0.750 bits per heavy atom. The lowest BCUT2D eigenvalue weighted by Crippen LogP contribution is -2.61. The third-order valence-corrected chi connectivity index (χ3v) is 16.7. The smallest absolute Gasteiger partial charge is 0.326 e. The van der Waals surface area contributed by atoms with Gasteiger partial charge in [-0.15, -0.1) is 11.3 Å². The number of carboxylic acids is 1. The molecule has 1 aromatic heterocycles. The minimum atomic E-state index is -1.66. The van der Waals surface area contributed by atoms with Crippen molar-refractivity contribution < 1.29 is 63.6 Å². The standard InChI is InChI=1S/C51H81N15O13S/c1-2-9-35-40(69)23-38(48(77)65-34-14-4-3-10-27(34)20-39(65)49(78)79)66(35)46(75)33(26-67)62-43(72)32(22-29-11-8-19-80-29)60-41(70)24-59-44(73)37-21-28(68)25-64(37)47(76)36-15-7-18-63(36)45(74)31(13-6-17-58-51(55)56)61-42(71)30(52)12-5-16-57-50(53)54/h8,11,19,27-28,30-40,67-69H,2-7,9-10,12-18,20-26,52H2,1H3,(H,59,73)(H,60,70)(H,61,71)(H,62,72)(H,78,79)(H4,53,54,57)(H4,55,56,58)/t27-,28+,30+,31-,32-,33-,34-,35-,36-,37-,38-,39-,40+/m0/s1. The first-order valence-corrected chi connectivity index (χ1v) is 28.5. The van der Waals surface area contributed by atoms with E-state index in [0.717, 1.165) is 24.2 Å². The molecule has 18 N–H and O–H groups in total. The van der Waals surface area contributed by atoms with E-state index >= 15 is 0 Å². The first-order chi connectivity index (χ1) is 38.1. The van der Waals surface area contributed by atoms with Crippen molar-refractivity contribution in [3.8, 4) is 0 Å². The molecule has 29 heteroatoms. The summed E-state index contributed by atoms with van der Waals surface area (Å²) in [5, 5.41) is 55.1. The number of fused-ring (bicyclic) bond motifs is 1. The molecule has 8 amide bonds. The Hall–Kier alpha value is -6.69. The molecule has 4 saturated heterocycles. The quantitative estimate of drug-likeness (QED) is 0.0237. The van der Waals surface area contributed by atoms with E-state index in [0.29, 0.717) is 30.6 Å². The van der Waals surface area contributed by atoms with Crippen molar-refractivity contribution >= 4 is 76.5 Å². The van der Waals surface area contributed by atoms with Crippen LogP contribution in [0.2, 0.25) is 0 Å². The van der Waals surface area contributed by atoms with Crippen LogP contribution in [-0.2, 0) is 49.6 Å². The van der Waals surface area contributed by atoms with Crippen molar-refractivity contribution in [2.45, 2.75) is 182 Å². The van der Waals surface area contributed by atoms with E-state index in [4.69, 9.17) is 28.7 Å². The Morgan fingerprint density at radius 3 is 2.09 bits per heavy atom. The van der Waals surface area contributed by atoms with Gasteiger partial charge in [0.2, 0.25) is 47.3 Å². The molecule has 4 aliphatic heterocycles. The number of nitrogens with one attached hydrogen (secondary N) is 4. The summed E-state index contributed by atoms with van der Waals surface area (Å²) in [6.45, 7) is 0.411. The monoisotopic (exact) mass is 1140 g/mol. The highest BCUT2D eigenvalue weighted by Gasteiger charge is 2.55. The van der Waals surface area contributed by atoms with Crippen molar-refractivity contribution in [3.05, 3.63) is 22.4 Å². The second kappa shape index (κ2) is 29.2. The number of guanidine groups is 2. The average molecular weight is 1140 g/mol. The Labute approximate surface area is 468 Å². The van der Waals surface area contributed by atoms with Gasteiger partial charge in [-0.3, -0.25) is 48.3 Å². The van der Waals surface area contributed by atoms with Gasteiger partial charge in [0.1, 0.15) is 42.3 Å². The fourth-order valence-corrected chi connectivity index (χ4v) is 12.7. The molecule has 1 aromatic rings. The van der Waals surface area contributed by atoms with Gasteiger partial charge in [-0.05, 0) is 81.6 Å². The maximum atomic E-state index is 14.6. The molecule has 6 rings (SSSR count). The third kappa shape index (κ3) is 15.8. The summed E-state index contributed by atoms with van der Waals surface area (Å²) in [6.07, 6.45) is 2.82. The number of amides is 8. The molecule has 444 valence electrons. The Morgan fingerprint density at radius 2 is 1.44 bits per heavy atom. The lowest BCUT2D eigenvalue weighted by Gasteiger charge is -2.38. The number of aliphatic hydroxyl groups is 3. The number of nitrogens with two attached hydrogens (primary N) is 5. The normalized spacial score (nSPS) is 25.8. The summed E-state index contributed by atoms with van der Waals surface area (Å²) in [4.78, 5) is 139. The molecule has 0 radical (unpaired) electrons. The molecule has 0 unspecified atom stereocenters. The molecule has 0 spiro atoms. The number of aliphatic imine (C=N–C) groups is 2. The molecule has 0 aromatic carbocycles. The number of hydrogen-bond acceptors (Lipinski definition) is 16. The zero-order valence-corrected chi connectivity index (χ0v) is 46.1. The Bertz CT molecular complexity index is 2430. The number of likely N-dealkylation sites (tertiary alicyclic amines) is 4. The highest BCUT2D eigenvalue weighted by molar-refractivity contribution is 7.09. The summed E-state index contributed by atoms with van der Waals surface area (Å²) in [5.41, 5.74) is 27.9. The third-order valence-electron chi connectivity index (χ3n) is 15.8.